The smallest absolute Gasteiger partial charge is 0.232 e. The van der Waals surface area contributed by atoms with Crippen LogP contribution < -0.4 is 5.32 Å². The van der Waals surface area contributed by atoms with Crippen LogP contribution in [0.2, 0.25) is 0 Å². The molecular weight excluding hydrogens is 252 g/mol. The van der Waals surface area contributed by atoms with Gasteiger partial charge in [0.2, 0.25) is 5.89 Å². The first-order chi connectivity index (χ1) is 8.05. The monoisotopic (exact) mass is 274 g/mol. The molecule has 0 radical (unpaired) electrons. The molecule has 6 heteroatoms. The molecule has 5 nitrogen and oxygen atoms in total. The van der Waals surface area contributed by atoms with Crippen LogP contribution in [-0.2, 0) is 12.0 Å². The fourth-order valence-electron chi connectivity index (χ4n) is 1.88. The summed E-state index contributed by atoms with van der Waals surface area (Å²) in [5.41, 5.74) is -0.0639. The van der Waals surface area contributed by atoms with Gasteiger partial charge in [-0.05, 0) is 19.5 Å². The molecule has 2 rings (SSSR count). The van der Waals surface area contributed by atoms with Crippen molar-refractivity contribution in [2.24, 2.45) is 0 Å². The third kappa shape index (κ3) is 4.23. The van der Waals surface area contributed by atoms with Crippen LogP contribution in [-0.4, -0.2) is 41.2 Å². The summed E-state index contributed by atoms with van der Waals surface area (Å²) >= 11 is 0. The largest absolute Gasteiger partial charge is 0.339 e. The van der Waals surface area contributed by atoms with Crippen LogP contribution in [0.1, 0.15) is 38.9 Å². The molecule has 1 aliphatic rings. The lowest BCUT2D eigenvalue weighted by atomic mass is 9.97. The predicted octanol–water partition coefficient (Wildman–Crippen LogP) is 1.58. The van der Waals surface area contributed by atoms with E-state index in [0.717, 1.165) is 44.4 Å². The Balaban J connectivity index is 0.00000162. The molecule has 1 N–H and O–H groups in total. The minimum absolute atomic E-state index is 0. The minimum atomic E-state index is -0.0639. The highest BCUT2D eigenvalue weighted by Crippen LogP contribution is 2.19. The first-order valence-corrected chi connectivity index (χ1v) is 6.32. The van der Waals surface area contributed by atoms with E-state index in [1.807, 2.05) is 0 Å². The van der Waals surface area contributed by atoms with Crippen LogP contribution in [0, 0.1) is 0 Å². The van der Waals surface area contributed by atoms with E-state index in [0.29, 0.717) is 0 Å². The maximum absolute atomic E-state index is 5.30. The van der Waals surface area contributed by atoms with Crippen LogP contribution in [0.3, 0.4) is 0 Å². The molecule has 0 spiro atoms. The number of halogens is 1. The third-order valence-corrected chi connectivity index (χ3v) is 2.91. The predicted molar refractivity (Wildman–Crippen MR) is 73.0 cm³/mol. The average Bonchev–Trinajstić information content (AvgIpc) is 2.56. The van der Waals surface area contributed by atoms with Crippen molar-refractivity contribution in [2.45, 2.75) is 39.2 Å². The maximum Gasteiger partial charge on any atom is 0.232 e. The Morgan fingerprint density at radius 1 is 1.28 bits per heavy atom. The van der Waals surface area contributed by atoms with E-state index < -0.39 is 0 Å². The van der Waals surface area contributed by atoms with Gasteiger partial charge in [-0.2, -0.15) is 4.98 Å². The first kappa shape index (κ1) is 15.4. The second-order valence-electron chi connectivity index (χ2n) is 5.65. The van der Waals surface area contributed by atoms with E-state index in [-0.39, 0.29) is 17.8 Å². The summed E-state index contributed by atoms with van der Waals surface area (Å²) in [5, 5.41) is 7.45. The Morgan fingerprint density at radius 3 is 2.72 bits per heavy atom. The van der Waals surface area contributed by atoms with Gasteiger partial charge in [0, 0.05) is 18.5 Å². The van der Waals surface area contributed by atoms with Crippen LogP contribution in [0.25, 0.3) is 0 Å². The van der Waals surface area contributed by atoms with Gasteiger partial charge in [-0.1, -0.05) is 25.9 Å². The molecule has 0 aliphatic carbocycles. The molecule has 1 fully saturated rings. The van der Waals surface area contributed by atoms with Crippen molar-refractivity contribution in [2.75, 3.05) is 26.2 Å². The molecule has 104 valence electrons. The summed E-state index contributed by atoms with van der Waals surface area (Å²) in [6, 6.07) is 0. The van der Waals surface area contributed by atoms with E-state index in [2.05, 4.69) is 41.1 Å². The summed E-state index contributed by atoms with van der Waals surface area (Å²) in [6.45, 7) is 11.4. The molecule has 1 aromatic heterocycles. The van der Waals surface area contributed by atoms with Crippen molar-refractivity contribution in [1.82, 2.24) is 20.4 Å². The molecule has 1 saturated heterocycles. The minimum Gasteiger partial charge on any atom is -0.339 e. The number of nitrogens with one attached hydrogen (secondary N) is 1. The summed E-state index contributed by atoms with van der Waals surface area (Å²) in [7, 11) is 0. The third-order valence-electron chi connectivity index (χ3n) is 2.91. The van der Waals surface area contributed by atoms with Crippen LogP contribution in [0.4, 0.5) is 0 Å². The van der Waals surface area contributed by atoms with E-state index in [4.69, 9.17) is 4.52 Å². The zero-order chi connectivity index (χ0) is 12.3. The summed E-state index contributed by atoms with van der Waals surface area (Å²) < 4.78 is 5.30. The lowest BCUT2D eigenvalue weighted by Gasteiger charge is -2.16. The Bertz CT molecular complexity index is 353. The van der Waals surface area contributed by atoms with Crippen molar-refractivity contribution in [3.8, 4) is 0 Å². The standard InChI is InChI=1S/C12H22N4O.ClH/c1-12(2,3)11-14-10(15-17-11)9-16-7-4-5-13-6-8-16;/h13H,4-9H2,1-3H3;1H. The zero-order valence-electron chi connectivity index (χ0n) is 11.4. The molecule has 18 heavy (non-hydrogen) atoms. The van der Waals surface area contributed by atoms with E-state index in [9.17, 15) is 0 Å². The zero-order valence-corrected chi connectivity index (χ0v) is 12.2. The molecule has 2 heterocycles. The van der Waals surface area contributed by atoms with Gasteiger partial charge in [-0.25, -0.2) is 0 Å². The van der Waals surface area contributed by atoms with Crippen LogP contribution in [0.5, 0.6) is 0 Å². The summed E-state index contributed by atoms with van der Waals surface area (Å²) in [5.74, 6) is 1.53. The lowest BCUT2D eigenvalue weighted by Crippen LogP contribution is -2.28. The SMILES string of the molecule is CC(C)(C)c1nc(CN2CCCNCC2)no1.Cl. The van der Waals surface area contributed by atoms with Gasteiger partial charge in [-0.15, -0.1) is 12.4 Å². The molecule has 1 aromatic rings. The Hall–Kier alpha value is -0.650. The highest BCUT2D eigenvalue weighted by atomic mass is 35.5. The molecule has 0 bridgehead atoms. The van der Waals surface area contributed by atoms with Gasteiger partial charge >= 0.3 is 0 Å². The number of hydrogen-bond donors (Lipinski definition) is 1. The fourth-order valence-corrected chi connectivity index (χ4v) is 1.88. The molecule has 0 unspecified atom stereocenters. The molecular formula is C12H23ClN4O. The normalized spacial score (nSPS) is 18.2. The highest BCUT2D eigenvalue weighted by Gasteiger charge is 2.22. The van der Waals surface area contributed by atoms with Crippen molar-refractivity contribution in [3.05, 3.63) is 11.7 Å². The molecule has 0 amide bonds. The van der Waals surface area contributed by atoms with Gasteiger partial charge in [0.15, 0.2) is 5.82 Å². The average molecular weight is 275 g/mol. The van der Waals surface area contributed by atoms with Crippen LogP contribution in [0.15, 0.2) is 4.52 Å². The van der Waals surface area contributed by atoms with Crippen LogP contribution >= 0.6 is 12.4 Å². The molecule has 1 aliphatic heterocycles. The number of nitrogens with zero attached hydrogens (tertiary/aromatic N) is 3. The second-order valence-corrected chi connectivity index (χ2v) is 5.65. The van der Waals surface area contributed by atoms with Gasteiger partial charge < -0.3 is 9.84 Å². The molecule has 0 atom stereocenters. The van der Waals surface area contributed by atoms with Gasteiger partial charge in [0.05, 0.1) is 6.54 Å². The first-order valence-electron chi connectivity index (χ1n) is 6.32. The number of rotatable bonds is 2. The summed E-state index contributed by atoms with van der Waals surface area (Å²) in [4.78, 5) is 6.84. The fraction of sp³-hybridized carbons (Fsp3) is 0.833. The van der Waals surface area contributed by atoms with E-state index >= 15 is 0 Å². The number of hydrogen-bond acceptors (Lipinski definition) is 5. The highest BCUT2D eigenvalue weighted by molar-refractivity contribution is 5.85. The lowest BCUT2D eigenvalue weighted by molar-refractivity contribution is 0.268. The van der Waals surface area contributed by atoms with Crippen molar-refractivity contribution < 1.29 is 4.52 Å². The number of aromatic nitrogens is 2. The van der Waals surface area contributed by atoms with E-state index in [1.165, 1.54) is 6.42 Å². The quantitative estimate of drug-likeness (QED) is 0.888. The summed E-state index contributed by atoms with van der Waals surface area (Å²) in [6.07, 6.45) is 1.18. The topological polar surface area (TPSA) is 54.2 Å². The van der Waals surface area contributed by atoms with Crippen molar-refractivity contribution in [3.63, 3.8) is 0 Å². The van der Waals surface area contributed by atoms with Crippen molar-refractivity contribution >= 4 is 12.4 Å². The Morgan fingerprint density at radius 2 is 2.06 bits per heavy atom. The van der Waals surface area contributed by atoms with Gasteiger partial charge in [0.1, 0.15) is 0 Å². The van der Waals surface area contributed by atoms with Gasteiger partial charge in [0.25, 0.3) is 0 Å². The Kier molecular flexibility index (Phi) is 5.56. The second kappa shape index (κ2) is 6.50. The van der Waals surface area contributed by atoms with Gasteiger partial charge in [-0.3, -0.25) is 4.90 Å². The molecule has 0 aromatic carbocycles. The van der Waals surface area contributed by atoms with Crippen molar-refractivity contribution in [1.29, 1.82) is 0 Å². The Labute approximate surface area is 115 Å². The maximum atomic E-state index is 5.30. The molecule has 0 saturated carbocycles. The van der Waals surface area contributed by atoms with E-state index in [1.54, 1.807) is 0 Å².